The number of rotatable bonds is 2. The van der Waals surface area contributed by atoms with E-state index in [2.05, 4.69) is 0 Å². The summed E-state index contributed by atoms with van der Waals surface area (Å²) >= 11 is 0. The first-order valence-corrected chi connectivity index (χ1v) is 4.33. The summed E-state index contributed by atoms with van der Waals surface area (Å²) in [7, 11) is 0. The molecule has 4 heteroatoms. The lowest BCUT2D eigenvalue weighted by molar-refractivity contribution is 0.144. The fourth-order valence-electron chi connectivity index (χ4n) is 1.21. The van der Waals surface area contributed by atoms with Crippen molar-refractivity contribution in [2.75, 3.05) is 0 Å². The predicted molar refractivity (Wildman–Crippen MR) is 49.7 cm³/mol. The van der Waals surface area contributed by atoms with Gasteiger partial charge in [0.25, 0.3) is 0 Å². The van der Waals surface area contributed by atoms with Crippen molar-refractivity contribution in [3.8, 4) is 0 Å². The average molecular weight is 201 g/mol. The van der Waals surface area contributed by atoms with E-state index in [4.69, 9.17) is 5.73 Å². The van der Waals surface area contributed by atoms with Crippen molar-refractivity contribution in [3.05, 3.63) is 34.9 Å². The fraction of sp³-hybridized carbons (Fsp3) is 0.400. The van der Waals surface area contributed by atoms with Gasteiger partial charge in [-0.15, -0.1) is 0 Å². The largest absolute Gasteiger partial charge is 0.387 e. The number of aryl methyl sites for hydroxylation is 1. The van der Waals surface area contributed by atoms with E-state index < -0.39 is 23.8 Å². The molecule has 0 saturated heterocycles. The van der Waals surface area contributed by atoms with Crippen LogP contribution >= 0.6 is 0 Å². The van der Waals surface area contributed by atoms with Gasteiger partial charge in [0, 0.05) is 6.04 Å². The van der Waals surface area contributed by atoms with E-state index in [1.165, 1.54) is 19.9 Å². The van der Waals surface area contributed by atoms with Gasteiger partial charge in [-0.3, -0.25) is 0 Å². The molecule has 1 rings (SSSR count). The van der Waals surface area contributed by atoms with Crippen LogP contribution in [0.5, 0.6) is 0 Å². The van der Waals surface area contributed by atoms with Crippen LogP contribution in [0.15, 0.2) is 12.1 Å². The minimum Gasteiger partial charge on any atom is -0.387 e. The maximum Gasteiger partial charge on any atom is 0.134 e. The third kappa shape index (κ3) is 1.91. The van der Waals surface area contributed by atoms with Gasteiger partial charge in [0.1, 0.15) is 11.6 Å². The van der Waals surface area contributed by atoms with Crippen LogP contribution in [0.2, 0.25) is 0 Å². The van der Waals surface area contributed by atoms with Gasteiger partial charge in [-0.1, -0.05) is 6.07 Å². The molecule has 1 aromatic carbocycles. The SMILES string of the molecule is Cc1ccc(F)c(C(O)C(C)N)c1F. The molecule has 2 unspecified atom stereocenters. The van der Waals surface area contributed by atoms with E-state index in [0.29, 0.717) is 5.56 Å². The molecule has 2 nitrogen and oxygen atoms in total. The van der Waals surface area contributed by atoms with Gasteiger partial charge in [0.05, 0.1) is 11.7 Å². The summed E-state index contributed by atoms with van der Waals surface area (Å²) in [5.41, 5.74) is 5.32. The molecule has 0 aliphatic rings. The Kier molecular flexibility index (Phi) is 3.18. The number of benzene rings is 1. The molecule has 78 valence electrons. The van der Waals surface area contributed by atoms with Gasteiger partial charge in [-0.25, -0.2) is 8.78 Å². The number of hydrogen-bond acceptors (Lipinski definition) is 2. The lowest BCUT2D eigenvalue weighted by Crippen LogP contribution is -2.26. The van der Waals surface area contributed by atoms with Crippen LogP contribution in [0.1, 0.15) is 24.2 Å². The Morgan fingerprint density at radius 1 is 1.36 bits per heavy atom. The van der Waals surface area contributed by atoms with Crippen molar-refractivity contribution in [3.63, 3.8) is 0 Å². The number of halogens is 2. The Hall–Kier alpha value is -1.00. The highest BCUT2D eigenvalue weighted by atomic mass is 19.1. The Morgan fingerprint density at radius 3 is 2.43 bits per heavy atom. The zero-order valence-corrected chi connectivity index (χ0v) is 8.09. The van der Waals surface area contributed by atoms with E-state index in [9.17, 15) is 13.9 Å². The second-order valence-corrected chi connectivity index (χ2v) is 3.40. The topological polar surface area (TPSA) is 46.2 Å². The van der Waals surface area contributed by atoms with Gasteiger partial charge in [0.2, 0.25) is 0 Å². The zero-order chi connectivity index (χ0) is 10.9. The third-order valence-corrected chi connectivity index (χ3v) is 2.11. The minimum atomic E-state index is -1.31. The van der Waals surface area contributed by atoms with Crippen LogP contribution in [0, 0.1) is 18.6 Å². The average Bonchev–Trinajstić information content (AvgIpc) is 2.12. The molecule has 3 N–H and O–H groups in total. The molecule has 14 heavy (non-hydrogen) atoms. The van der Waals surface area contributed by atoms with Crippen LogP contribution in [-0.2, 0) is 0 Å². The van der Waals surface area contributed by atoms with E-state index in [0.717, 1.165) is 6.07 Å². The molecular formula is C10H13F2NO. The first-order valence-electron chi connectivity index (χ1n) is 4.33. The van der Waals surface area contributed by atoms with E-state index in [1.54, 1.807) is 0 Å². The van der Waals surface area contributed by atoms with Crippen molar-refractivity contribution in [2.24, 2.45) is 5.73 Å². The first-order chi connectivity index (χ1) is 6.45. The van der Waals surface area contributed by atoms with Crippen LogP contribution < -0.4 is 5.73 Å². The normalized spacial score (nSPS) is 15.3. The van der Waals surface area contributed by atoms with Crippen LogP contribution in [0.4, 0.5) is 8.78 Å². The number of nitrogens with two attached hydrogens (primary N) is 1. The highest BCUT2D eigenvalue weighted by Gasteiger charge is 2.22. The van der Waals surface area contributed by atoms with E-state index in [-0.39, 0.29) is 5.56 Å². The molecule has 2 atom stereocenters. The van der Waals surface area contributed by atoms with Crippen LogP contribution in [0.3, 0.4) is 0 Å². The summed E-state index contributed by atoms with van der Waals surface area (Å²) in [5, 5.41) is 9.48. The fourth-order valence-corrected chi connectivity index (χ4v) is 1.21. The molecule has 0 radical (unpaired) electrons. The molecule has 0 heterocycles. The summed E-state index contributed by atoms with van der Waals surface area (Å²) in [6.07, 6.45) is -1.31. The van der Waals surface area contributed by atoms with Crippen LogP contribution in [-0.4, -0.2) is 11.1 Å². The molecule has 0 saturated carbocycles. The standard InChI is InChI=1S/C10H13F2NO/c1-5-3-4-7(11)8(9(5)12)10(14)6(2)13/h3-4,6,10,14H,13H2,1-2H3. The van der Waals surface area contributed by atoms with Gasteiger partial charge in [-0.2, -0.15) is 0 Å². The van der Waals surface area contributed by atoms with Crippen molar-refractivity contribution in [2.45, 2.75) is 26.0 Å². The number of hydrogen-bond donors (Lipinski definition) is 2. The second kappa shape index (κ2) is 4.02. The van der Waals surface area contributed by atoms with Crippen LogP contribution in [0.25, 0.3) is 0 Å². The smallest absolute Gasteiger partial charge is 0.134 e. The predicted octanol–water partition coefficient (Wildman–Crippen LogP) is 1.65. The first kappa shape index (κ1) is 11.1. The number of aliphatic hydroxyl groups excluding tert-OH is 1. The number of aliphatic hydroxyl groups is 1. The summed E-state index contributed by atoms with van der Waals surface area (Å²) in [4.78, 5) is 0. The lowest BCUT2D eigenvalue weighted by atomic mass is 10.0. The van der Waals surface area contributed by atoms with E-state index >= 15 is 0 Å². The van der Waals surface area contributed by atoms with Gasteiger partial charge < -0.3 is 10.8 Å². The van der Waals surface area contributed by atoms with Crippen molar-refractivity contribution >= 4 is 0 Å². The Bertz CT molecular complexity index is 339. The monoisotopic (exact) mass is 201 g/mol. The van der Waals surface area contributed by atoms with Crippen molar-refractivity contribution in [1.82, 2.24) is 0 Å². The second-order valence-electron chi connectivity index (χ2n) is 3.40. The molecule has 0 aromatic heterocycles. The molecule has 0 spiro atoms. The summed E-state index contributed by atoms with van der Waals surface area (Å²) in [6, 6.07) is 1.74. The van der Waals surface area contributed by atoms with Gasteiger partial charge >= 0.3 is 0 Å². The maximum atomic E-state index is 13.4. The minimum absolute atomic E-state index is 0.293. The Balaban J connectivity index is 3.25. The quantitative estimate of drug-likeness (QED) is 0.764. The molecule has 0 aliphatic heterocycles. The molecule has 0 bridgehead atoms. The summed E-state index contributed by atoms with van der Waals surface area (Å²) < 4.78 is 26.6. The molecule has 0 aliphatic carbocycles. The molecular weight excluding hydrogens is 188 g/mol. The third-order valence-electron chi connectivity index (χ3n) is 2.11. The Morgan fingerprint density at radius 2 is 1.93 bits per heavy atom. The molecule has 0 amide bonds. The zero-order valence-electron chi connectivity index (χ0n) is 8.09. The lowest BCUT2D eigenvalue weighted by Gasteiger charge is -2.17. The maximum absolute atomic E-state index is 13.4. The van der Waals surface area contributed by atoms with Gasteiger partial charge in [-0.05, 0) is 25.5 Å². The summed E-state index contributed by atoms with van der Waals surface area (Å²) in [5.74, 6) is -1.49. The molecule has 1 aromatic rings. The summed E-state index contributed by atoms with van der Waals surface area (Å²) in [6.45, 7) is 3.00. The van der Waals surface area contributed by atoms with E-state index in [1.807, 2.05) is 0 Å². The van der Waals surface area contributed by atoms with Gasteiger partial charge in [0.15, 0.2) is 0 Å². The van der Waals surface area contributed by atoms with Crippen molar-refractivity contribution in [1.29, 1.82) is 0 Å². The highest BCUT2D eigenvalue weighted by molar-refractivity contribution is 5.29. The molecule has 0 fully saturated rings. The van der Waals surface area contributed by atoms with Crippen molar-refractivity contribution < 1.29 is 13.9 Å². The Labute approximate surface area is 81.4 Å². The highest BCUT2D eigenvalue weighted by Crippen LogP contribution is 2.24.